The van der Waals surface area contributed by atoms with Gasteiger partial charge in [-0.15, -0.1) is 0 Å². The Bertz CT molecular complexity index is 868. The van der Waals surface area contributed by atoms with Gasteiger partial charge in [-0.2, -0.15) is 0 Å². The Morgan fingerprint density at radius 3 is 2.64 bits per heavy atom. The number of fused-ring (bicyclic) bond motifs is 1. The van der Waals surface area contributed by atoms with E-state index in [9.17, 15) is 5.11 Å². The molecule has 0 aliphatic carbocycles. The van der Waals surface area contributed by atoms with Gasteiger partial charge in [0.25, 0.3) is 0 Å². The van der Waals surface area contributed by atoms with Crippen molar-refractivity contribution in [3.8, 4) is 22.6 Å². The lowest BCUT2D eigenvalue weighted by molar-refractivity contribution is 0.174. The van der Waals surface area contributed by atoms with Crippen LogP contribution in [0.2, 0.25) is 0 Å². The van der Waals surface area contributed by atoms with Gasteiger partial charge in [-0.3, -0.25) is 4.98 Å². The van der Waals surface area contributed by atoms with Gasteiger partial charge in [0.2, 0.25) is 6.79 Å². The standard InChI is InChI=1S/C20H18N2O3/c23-12-18(14-4-2-1-3-5-14)22-17-8-16(10-21-11-17)15-6-7-19-20(9-15)25-13-24-19/h1-11,18,22-23H,12-13H2/t18-/m0/s1. The molecule has 0 spiro atoms. The molecule has 25 heavy (non-hydrogen) atoms. The van der Waals surface area contributed by atoms with Crippen LogP contribution in [0.1, 0.15) is 11.6 Å². The number of aliphatic hydroxyl groups is 1. The van der Waals surface area contributed by atoms with Crippen molar-refractivity contribution in [3.63, 3.8) is 0 Å². The van der Waals surface area contributed by atoms with Crippen molar-refractivity contribution in [1.82, 2.24) is 4.98 Å². The topological polar surface area (TPSA) is 63.6 Å². The van der Waals surface area contributed by atoms with Gasteiger partial charge in [-0.1, -0.05) is 36.4 Å². The fourth-order valence-corrected chi connectivity index (χ4v) is 2.87. The van der Waals surface area contributed by atoms with Crippen LogP contribution in [-0.2, 0) is 0 Å². The van der Waals surface area contributed by atoms with E-state index in [0.717, 1.165) is 33.9 Å². The third kappa shape index (κ3) is 3.27. The predicted molar refractivity (Wildman–Crippen MR) is 95.7 cm³/mol. The van der Waals surface area contributed by atoms with Gasteiger partial charge >= 0.3 is 0 Å². The maximum absolute atomic E-state index is 9.72. The Hall–Kier alpha value is -3.05. The molecule has 0 bridgehead atoms. The molecule has 1 aliphatic rings. The molecular weight excluding hydrogens is 316 g/mol. The zero-order chi connectivity index (χ0) is 17.1. The van der Waals surface area contributed by atoms with E-state index in [-0.39, 0.29) is 19.4 Å². The SMILES string of the molecule is OC[C@H](Nc1cncc(-c2ccc3c(c2)OCO3)c1)c1ccccc1. The minimum atomic E-state index is -0.185. The molecule has 0 unspecified atom stereocenters. The van der Waals surface area contributed by atoms with Crippen LogP contribution in [0.5, 0.6) is 11.5 Å². The fourth-order valence-electron chi connectivity index (χ4n) is 2.87. The molecule has 0 saturated heterocycles. The third-order valence-electron chi connectivity index (χ3n) is 4.17. The van der Waals surface area contributed by atoms with Crippen molar-refractivity contribution in [2.45, 2.75) is 6.04 Å². The average molecular weight is 334 g/mol. The second-order valence-corrected chi connectivity index (χ2v) is 5.82. The molecule has 4 rings (SSSR count). The summed E-state index contributed by atoms with van der Waals surface area (Å²) in [6.45, 7) is 0.256. The van der Waals surface area contributed by atoms with E-state index in [4.69, 9.17) is 9.47 Å². The number of hydrogen-bond donors (Lipinski definition) is 2. The highest BCUT2D eigenvalue weighted by molar-refractivity contribution is 5.70. The summed E-state index contributed by atoms with van der Waals surface area (Å²) in [7, 11) is 0. The van der Waals surface area contributed by atoms with Crippen LogP contribution in [0.25, 0.3) is 11.1 Å². The van der Waals surface area contributed by atoms with E-state index >= 15 is 0 Å². The summed E-state index contributed by atoms with van der Waals surface area (Å²) in [5.41, 5.74) is 3.84. The molecule has 2 aromatic carbocycles. The number of rotatable bonds is 5. The second-order valence-electron chi connectivity index (χ2n) is 5.82. The van der Waals surface area contributed by atoms with E-state index in [1.54, 1.807) is 12.4 Å². The van der Waals surface area contributed by atoms with Crippen LogP contribution in [0, 0.1) is 0 Å². The molecular formula is C20H18N2O3. The number of anilines is 1. The largest absolute Gasteiger partial charge is 0.454 e. The van der Waals surface area contributed by atoms with Gasteiger partial charge in [0, 0.05) is 18.0 Å². The predicted octanol–water partition coefficient (Wildman–Crippen LogP) is 3.62. The van der Waals surface area contributed by atoms with E-state index in [1.807, 2.05) is 54.6 Å². The van der Waals surface area contributed by atoms with Crippen LogP contribution in [0.3, 0.4) is 0 Å². The average Bonchev–Trinajstić information content (AvgIpc) is 3.15. The van der Waals surface area contributed by atoms with E-state index < -0.39 is 0 Å². The first-order valence-corrected chi connectivity index (χ1v) is 8.11. The molecule has 1 aliphatic heterocycles. The third-order valence-corrected chi connectivity index (χ3v) is 4.17. The first-order valence-electron chi connectivity index (χ1n) is 8.11. The normalized spacial score (nSPS) is 13.5. The first-order chi connectivity index (χ1) is 12.3. The summed E-state index contributed by atoms with van der Waals surface area (Å²) in [6.07, 6.45) is 3.56. The number of ether oxygens (including phenoxy) is 2. The molecule has 2 N–H and O–H groups in total. The second kappa shape index (κ2) is 6.83. The maximum atomic E-state index is 9.72. The number of benzene rings is 2. The molecule has 5 nitrogen and oxygen atoms in total. The molecule has 2 heterocycles. The lowest BCUT2D eigenvalue weighted by Gasteiger charge is -2.18. The summed E-state index contributed by atoms with van der Waals surface area (Å²) in [5.74, 6) is 1.50. The van der Waals surface area contributed by atoms with Crippen molar-refractivity contribution in [1.29, 1.82) is 0 Å². The van der Waals surface area contributed by atoms with Gasteiger partial charge in [-0.05, 0) is 29.3 Å². The Morgan fingerprint density at radius 2 is 1.80 bits per heavy atom. The van der Waals surface area contributed by atoms with Gasteiger partial charge < -0.3 is 19.9 Å². The minimum Gasteiger partial charge on any atom is -0.454 e. The molecule has 0 fully saturated rings. The fraction of sp³-hybridized carbons (Fsp3) is 0.150. The molecule has 5 heteroatoms. The minimum absolute atomic E-state index is 0.00172. The van der Waals surface area contributed by atoms with Crippen LogP contribution in [0.4, 0.5) is 5.69 Å². The zero-order valence-electron chi connectivity index (χ0n) is 13.6. The number of aromatic nitrogens is 1. The molecule has 126 valence electrons. The monoisotopic (exact) mass is 334 g/mol. The highest BCUT2D eigenvalue weighted by Crippen LogP contribution is 2.36. The smallest absolute Gasteiger partial charge is 0.231 e. The molecule has 0 saturated carbocycles. The van der Waals surface area contributed by atoms with Crippen molar-refractivity contribution in [2.24, 2.45) is 0 Å². The van der Waals surface area contributed by atoms with Crippen LogP contribution >= 0.6 is 0 Å². The number of hydrogen-bond acceptors (Lipinski definition) is 5. The quantitative estimate of drug-likeness (QED) is 0.746. The zero-order valence-corrected chi connectivity index (χ0v) is 13.6. The summed E-state index contributed by atoms with van der Waals surface area (Å²) in [6, 6.07) is 17.5. The maximum Gasteiger partial charge on any atom is 0.231 e. The lowest BCUT2D eigenvalue weighted by Crippen LogP contribution is -2.14. The molecule has 3 aromatic rings. The van der Waals surface area contributed by atoms with Crippen LogP contribution < -0.4 is 14.8 Å². The summed E-state index contributed by atoms with van der Waals surface area (Å²) in [5, 5.41) is 13.1. The first kappa shape index (κ1) is 15.5. The van der Waals surface area contributed by atoms with Gasteiger partial charge in [-0.25, -0.2) is 0 Å². The van der Waals surface area contributed by atoms with Gasteiger partial charge in [0.05, 0.1) is 18.3 Å². The molecule has 0 amide bonds. The van der Waals surface area contributed by atoms with Crippen molar-refractivity contribution < 1.29 is 14.6 Å². The number of nitrogens with one attached hydrogen (secondary N) is 1. The van der Waals surface area contributed by atoms with Gasteiger partial charge in [0.15, 0.2) is 11.5 Å². The Kier molecular flexibility index (Phi) is 4.23. The van der Waals surface area contributed by atoms with Crippen molar-refractivity contribution in [2.75, 3.05) is 18.7 Å². The molecule has 0 radical (unpaired) electrons. The highest BCUT2D eigenvalue weighted by Gasteiger charge is 2.15. The van der Waals surface area contributed by atoms with Crippen LogP contribution in [0.15, 0.2) is 67.0 Å². The van der Waals surface area contributed by atoms with E-state index in [2.05, 4.69) is 10.3 Å². The summed E-state index contributed by atoms with van der Waals surface area (Å²) < 4.78 is 10.8. The van der Waals surface area contributed by atoms with Crippen molar-refractivity contribution in [3.05, 3.63) is 72.6 Å². The summed E-state index contributed by atoms with van der Waals surface area (Å²) >= 11 is 0. The summed E-state index contributed by atoms with van der Waals surface area (Å²) in [4.78, 5) is 4.32. The number of aliphatic hydroxyl groups excluding tert-OH is 1. The number of pyridine rings is 1. The molecule has 1 aromatic heterocycles. The van der Waals surface area contributed by atoms with Crippen molar-refractivity contribution >= 4 is 5.69 Å². The molecule has 1 atom stereocenters. The van der Waals surface area contributed by atoms with E-state index in [1.165, 1.54) is 0 Å². The Balaban J connectivity index is 1.59. The Labute approximate surface area is 145 Å². The highest BCUT2D eigenvalue weighted by atomic mass is 16.7. The number of nitrogens with zero attached hydrogens (tertiary/aromatic N) is 1. The Morgan fingerprint density at radius 1 is 0.960 bits per heavy atom. The van der Waals surface area contributed by atoms with Crippen LogP contribution in [-0.4, -0.2) is 23.5 Å². The van der Waals surface area contributed by atoms with Gasteiger partial charge in [0.1, 0.15) is 0 Å². The van der Waals surface area contributed by atoms with E-state index in [0.29, 0.717) is 0 Å². The lowest BCUT2D eigenvalue weighted by atomic mass is 10.1.